The predicted molar refractivity (Wildman–Crippen MR) is 87.5 cm³/mol. The van der Waals surface area contributed by atoms with E-state index in [0.29, 0.717) is 6.54 Å². The Morgan fingerprint density at radius 3 is 2.61 bits per heavy atom. The quantitative estimate of drug-likeness (QED) is 0.584. The lowest BCUT2D eigenvalue weighted by molar-refractivity contribution is -0.144. The van der Waals surface area contributed by atoms with Gasteiger partial charge in [-0.15, -0.1) is 0 Å². The summed E-state index contributed by atoms with van der Waals surface area (Å²) in [5.74, 6) is -1.43. The van der Waals surface area contributed by atoms with Crippen LogP contribution in [-0.2, 0) is 19.1 Å². The van der Waals surface area contributed by atoms with Gasteiger partial charge in [-0.2, -0.15) is 0 Å². The van der Waals surface area contributed by atoms with Gasteiger partial charge in [0.05, 0.1) is 0 Å². The molecule has 1 aromatic rings. The molecule has 0 spiro atoms. The second-order valence-corrected chi connectivity index (χ2v) is 4.98. The van der Waals surface area contributed by atoms with Crippen molar-refractivity contribution in [3.63, 3.8) is 0 Å². The van der Waals surface area contributed by atoms with E-state index < -0.39 is 24.5 Å². The van der Waals surface area contributed by atoms with Crippen LogP contribution in [0, 0.1) is 6.92 Å². The molecule has 0 saturated heterocycles. The van der Waals surface area contributed by atoms with Crippen molar-refractivity contribution in [3.05, 3.63) is 41.5 Å². The number of aryl methyl sites for hydroxylation is 1. The average molecular weight is 318 g/mol. The summed E-state index contributed by atoms with van der Waals surface area (Å²) in [6.45, 7) is 5.33. The number of esters is 1. The van der Waals surface area contributed by atoms with Crippen LogP contribution in [0.2, 0.25) is 0 Å². The highest BCUT2D eigenvalue weighted by molar-refractivity contribution is 5.91. The predicted octanol–water partition coefficient (Wildman–Crippen LogP) is 1.19. The first kappa shape index (κ1) is 18.4. The van der Waals surface area contributed by atoms with Crippen LogP contribution in [0.25, 0.3) is 6.08 Å². The van der Waals surface area contributed by atoms with Crippen LogP contribution in [0.1, 0.15) is 25.0 Å². The highest BCUT2D eigenvalue weighted by atomic mass is 16.5. The summed E-state index contributed by atoms with van der Waals surface area (Å²) in [5.41, 5.74) is 1.93. The van der Waals surface area contributed by atoms with Crippen LogP contribution < -0.4 is 10.6 Å². The van der Waals surface area contributed by atoms with Crippen molar-refractivity contribution < 1.29 is 19.1 Å². The number of nitrogens with one attached hydrogen (secondary N) is 2. The van der Waals surface area contributed by atoms with E-state index in [1.165, 1.54) is 6.08 Å². The Labute approximate surface area is 135 Å². The maximum absolute atomic E-state index is 11.6. The van der Waals surface area contributed by atoms with Gasteiger partial charge in [-0.25, -0.2) is 4.79 Å². The zero-order valence-electron chi connectivity index (χ0n) is 13.6. The Bertz CT molecular complexity index is 596. The molecule has 1 aromatic carbocycles. The second-order valence-electron chi connectivity index (χ2n) is 4.98. The van der Waals surface area contributed by atoms with Crippen LogP contribution >= 0.6 is 0 Å². The first-order valence-electron chi connectivity index (χ1n) is 7.41. The van der Waals surface area contributed by atoms with Crippen molar-refractivity contribution in [2.75, 3.05) is 13.2 Å². The summed E-state index contributed by atoms with van der Waals surface area (Å²) >= 11 is 0. The van der Waals surface area contributed by atoms with Gasteiger partial charge >= 0.3 is 5.97 Å². The first-order chi connectivity index (χ1) is 10.9. The number of likely N-dealkylation sites (N-methyl/N-ethyl adjacent to an activating group) is 1. The SMILES string of the molecule is CCNC(=O)[C@H](C)NC(=O)COC(=O)/C=C/c1ccccc1C. The molecular formula is C17H22N2O4. The largest absolute Gasteiger partial charge is 0.452 e. The van der Waals surface area contributed by atoms with Crippen LogP contribution in [-0.4, -0.2) is 37.0 Å². The van der Waals surface area contributed by atoms with Crippen LogP contribution in [0.5, 0.6) is 0 Å². The van der Waals surface area contributed by atoms with Crippen LogP contribution in [0.15, 0.2) is 30.3 Å². The summed E-state index contributed by atoms with van der Waals surface area (Å²) in [4.78, 5) is 34.7. The van der Waals surface area contributed by atoms with E-state index in [9.17, 15) is 14.4 Å². The Kier molecular flexibility index (Phi) is 7.53. The third-order valence-electron chi connectivity index (χ3n) is 3.05. The monoisotopic (exact) mass is 318 g/mol. The van der Waals surface area contributed by atoms with Crippen LogP contribution in [0.4, 0.5) is 0 Å². The molecule has 0 aliphatic carbocycles. The molecule has 1 atom stereocenters. The number of rotatable bonds is 7. The number of hydrogen-bond donors (Lipinski definition) is 2. The van der Waals surface area contributed by atoms with E-state index in [0.717, 1.165) is 11.1 Å². The van der Waals surface area contributed by atoms with Gasteiger partial charge < -0.3 is 15.4 Å². The molecule has 0 heterocycles. The third-order valence-corrected chi connectivity index (χ3v) is 3.05. The van der Waals surface area contributed by atoms with Gasteiger partial charge in [0, 0.05) is 12.6 Å². The molecule has 0 aliphatic rings. The van der Waals surface area contributed by atoms with Crippen molar-refractivity contribution in [1.82, 2.24) is 10.6 Å². The number of amides is 2. The van der Waals surface area contributed by atoms with Crippen molar-refractivity contribution in [3.8, 4) is 0 Å². The normalized spacial score (nSPS) is 11.8. The molecule has 1 rings (SSSR count). The molecule has 0 unspecified atom stereocenters. The molecule has 0 bridgehead atoms. The minimum atomic E-state index is -0.677. The summed E-state index contributed by atoms with van der Waals surface area (Å²) in [7, 11) is 0. The molecule has 23 heavy (non-hydrogen) atoms. The van der Waals surface area contributed by atoms with Crippen LogP contribution in [0.3, 0.4) is 0 Å². The molecule has 0 radical (unpaired) electrons. The van der Waals surface area contributed by atoms with Crippen molar-refractivity contribution >= 4 is 23.9 Å². The lowest BCUT2D eigenvalue weighted by Crippen LogP contribution is -2.46. The minimum absolute atomic E-state index is 0.286. The van der Waals surface area contributed by atoms with Gasteiger partial charge in [0.2, 0.25) is 5.91 Å². The zero-order chi connectivity index (χ0) is 17.2. The number of carbonyl (C=O) groups is 3. The fourth-order valence-electron chi connectivity index (χ4n) is 1.79. The van der Waals surface area contributed by atoms with E-state index in [-0.39, 0.29) is 5.91 Å². The molecule has 124 valence electrons. The smallest absolute Gasteiger partial charge is 0.331 e. The standard InChI is InChI=1S/C17H22N2O4/c1-4-18-17(22)13(3)19-15(20)11-23-16(21)10-9-14-8-6-5-7-12(14)2/h5-10,13H,4,11H2,1-3H3,(H,18,22)(H,19,20)/b10-9+/t13-/m0/s1. The fraction of sp³-hybridized carbons (Fsp3) is 0.353. The molecule has 0 saturated carbocycles. The summed E-state index contributed by atoms with van der Waals surface area (Å²) in [6, 6.07) is 6.91. The topological polar surface area (TPSA) is 84.5 Å². The van der Waals surface area contributed by atoms with Crippen molar-refractivity contribution in [1.29, 1.82) is 0 Å². The highest BCUT2D eigenvalue weighted by Crippen LogP contribution is 2.08. The van der Waals surface area contributed by atoms with Gasteiger partial charge in [-0.3, -0.25) is 9.59 Å². The van der Waals surface area contributed by atoms with Crippen molar-refractivity contribution in [2.24, 2.45) is 0 Å². The fourth-order valence-corrected chi connectivity index (χ4v) is 1.79. The molecule has 0 aliphatic heterocycles. The van der Waals surface area contributed by atoms with Gasteiger partial charge in [0.1, 0.15) is 6.04 Å². The van der Waals surface area contributed by atoms with Gasteiger partial charge in [0.15, 0.2) is 6.61 Å². The Morgan fingerprint density at radius 1 is 1.26 bits per heavy atom. The minimum Gasteiger partial charge on any atom is -0.452 e. The molecule has 6 nitrogen and oxygen atoms in total. The maximum Gasteiger partial charge on any atom is 0.331 e. The van der Waals surface area contributed by atoms with Crippen molar-refractivity contribution in [2.45, 2.75) is 26.8 Å². The summed E-state index contributed by atoms with van der Waals surface area (Å²) in [6.07, 6.45) is 2.90. The summed E-state index contributed by atoms with van der Waals surface area (Å²) < 4.78 is 4.84. The van der Waals surface area contributed by atoms with Gasteiger partial charge in [0.25, 0.3) is 5.91 Å². The lowest BCUT2D eigenvalue weighted by Gasteiger charge is -2.12. The van der Waals surface area contributed by atoms with Gasteiger partial charge in [-0.05, 0) is 38.0 Å². The Balaban J connectivity index is 2.40. The molecular weight excluding hydrogens is 296 g/mol. The zero-order valence-corrected chi connectivity index (χ0v) is 13.6. The second kappa shape index (κ2) is 9.40. The molecule has 2 N–H and O–H groups in total. The van der Waals surface area contributed by atoms with E-state index in [1.54, 1.807) is 19.9 Å². The first-order valence-corrected chi connectivity index (χ1v) is 7.41. The molecule has 2 amide bonds. The molecule has 6 heteroatoms. The maximum atomic E-state index is 11.6. The van der Waals surface area contributed by atoms with E-state index in [4.69, 9.17) is 4.74 Å². The number of benzene rings is 1. The third kappa shape index (κ3) is 6.78. The molecule has 0 aromatic heterocycles. The van der Waals surface area contributed by atoms with E-state index >= 15 is 0 Å². The Hall–Kier alpha value is -2.63. The number of carbonyl (C=O) groups excluding carboxylic acids is 3. The van der Waals surface area contributed by atoms with Gasteiger partial charge in [-0.1, -0.05) is 24.3 Å². The average Bonchev–Trinajstić information content (AvgIpc) is 2.52. The number of ether oxygens (including phenoxy) is 1. The highest BCUT2D eigenvalue weighted by Gasteiger charge is 2.15. The summed E-state index contributed by atoms with van der Waals surface area (Å²) in [5, 5.41) is 5.04. The molecule has 0 fully saturated rings. The lowest BCUT2D eigenvalue weighted by atomic mass is 10.1. The number of hydrogen-bond acceptors (Lipinski definition) is 4. The van der Waals surface area contributed by atoms with E-state index in [2.05, 4.69) is 10.6 Å². The Morgan fingerprint density at radius 2 is 1.96 bits per heavy atom. The van der Waals surface area contributed by atoms with E-state index in [1.807, 2.05) is 31.2 Å².